The zero-order valence-electron chi connectivity index (χ0n) is 10.5. The molecule has 0 aromatic carbocycles. The number of Topliss-reactive ketones (excluding diaryl/α,β-unsaturated/α-hetero) is 1. The van der Waals surface area contributed by atoms with Crippen LogP contribution in [0.1, 0.15) is 46.0 Å². The lowest BCUT2D eigenvalue weighted by Gasteiger charge is -2.24. The average Bonchev–Trinajstić information content (AvgIpc) is 2.21. The molecule has 0 spiro atoms. The zero-order chi connectivity index (χ0) is 14.4. The molecule has 8 heteroatoms. The summed E-state index contributed by atoms with van der Waals surface area (Å²) in [5.41, 5.74) is -2.19. The van der Waals surface area contributed by atoms with Gasteiger partial charge < -0.3 is 9.79 Å². The Morgan fingerprint density at radius 2 is 1.83 bits per heavy atom. The molecule has 6 nitrogen and oxygen atoms in total. The molecule has 0 bridgehead atoms. The van der Waals surface area contributed by atoms with Gasteiger partial charge in [-0.25, -0.2) is 4.57 Å². The van der Waals surface area contributed by atoms with E-state index in [1.165, 1.54) is 0 Å². The first-order chi connectivity index (χ1) is 8.13. The lowest BCUT2D eigenvalue weighted by molar-refractivity contribution is -0.142. The van der Waals surface area contributed by atoms with Crippen molar-refractivity contribution in [1.82, 2.24) is 0 Å². The van der Waals surface area contributed by atoms with E-state index in [4.69, 9.17) is 9.79 Å². The highest BCUT2D eigenvalue weighted by atomic mass is 32.1. The van der Waals surface area contributed by atoms with E-state index in [0.717, 1.165) is 26.2 Å². The Balaban J connectivity index is 4.64. The van der Waals surface area contributed by atoms with Crippen molar-refractivity contribution in [1.29, 1.82) is 0 Å². The fourth-order valence-corrected chi connectivity index (χ4v) is 2.30. The van der Waals surface area contributed by atoms with Gasteiger partial charge in [-0.2, -0.15) is 0 Å². The van der Waals surface area contributed by atoms with E-state index < -0.39 is 24.3 Å². The molecule has 2 N–H and O–H groups in total. The molecule has 1 unspecified atom stereocenters. The van der Waals surface area contributed by atoms with Gasteiger partial charge >= 0.3 is 7.82 Å². The summed E-state index contributed by atoms with van der Waals surface area (Å²) >= 11 is 3.47. The molecule has 0 aliphatic carbocycles. The quantitative estimate of drug-likeness (QED) is 0.260. The normalized spacial score (nSPS) is 15.2. The summed E-state index contributed by atoms with van der Waals surface area (Å²) in [6, 6.07) is 0. The molecule has 0 aliphatic heterocycles. The van der Waals surface area contributed by atoms with Crippen molar-refractivity contribution in [3.63, 3.8) is 0 Å². The Morgan fingerprint density at radius 1 is 1.28 bits per heavy atom. The predicted octanol–water partition coefficient (Wildman–Crippen LogP) is 1.85. The molecule has 0 amide bonds. The Hall–Kier alpha value is -0.200. The van der Waals surface area contributed by atoms with Crippen LogP contribution in [0.5, 0.6) is 0 Å². The smallest absolute Gasteiger partial charge is 0.303 e. The van der Waals surface area contributed by atoms with Gasteiger partial charge in [0.1, 0.15) is 0 Å². The second-order valence-electron chi connectivity index (χ2n) is 4.15. The molecular formula is C10H19O6PS. The highest BCUT2D eigenvalue weighted by Crippen LogP contribution is 2.42. The highest BCUT2D eigenvalue weighted by molar-refractivity contribution is 7.97. The highest BCUT2D eigenvalue weighted by Gasteiger charge is 2.44. The van der Waals surface area contributed by atoms with Gasteiger partial charge in [0.25, 0.3) is 0 Å². The van der Waals surface area contributed by atoms with E-state index in [9.17, 15) is 14.2 Å². The maximum atomic E-state index is 11.8. The Bertz CT molecular complexity index is 352. The van der Waals surface area contributed by atoms with Gasteiger partial charge in [-0.3, -0.25) is 14.1 Å². The number of phosphoric ester groups is 1. The maximum absolute atomic E-state index is 11.8. The zero-order valence-corrected chi connectivity index (χ0v) is 12.2. The molecule has 0 heterocycles. The first kappa shape index (κ1) is 17.8. The number of ketones is 1. The SMILES string of the molecule is CCCCCCC(=O)C(C)(OP(=O)(O)O)C(=O)S. The standard InChI is InChI=1S/C10H19O6PS/c1-3-4-5-6-7-8(11)10(2,9(12)18)16-17(13,14)15/h3-7H2,1-2H3,(H,12,18)(H2,13,14,15). The molecule has 0 saturated heterocycles. The minimum Gasteiger partial charge on any atom is -0.303 e. The van der Waals surface area contributed by atoms with E-state index in [1.807, 2.05) is 6.92 Å². The summed E-state index contributed by atoms with van der Waals surface area (Å²) in [7, 11) is -4.93. The van der Waals surface area contributed by atoms with Gasteiger partial charge in [0, 0.05) is 6.42 Å². The number of unbranched alkanes of at least 4 members (excludes halogenated alkanes) is 3. The van der Waals surface area contributed by atoms with Gasteiger partial charge in [-0.05, 0) is 13.3 Å². The summed E-state index contributed by atoms with van der Waals surface area (Å²) in [5.74, 6) is -0.665. The van der Waals surface area contributed by atoms with Crippen LogP contribution < -0.4 is 0 Å². The second-order valence-corrected chi connectivity index (χ2v) is 5.72. The number of phosphoric acid groups is 1. The number of hydrogen-bond donors (Lipinski definition) is 3. The monoisotopic (exact) mass is 298 g/mol. The van der Waals surface area contributed by atoms with Crippen LogP contribution in [0.2, 0.25) is 0 Å². The molecule has 0 aliphatic rings. The first-order valence-electron chi connectivity index (χ1n) is 5.66. The largest absolute Gasteiger partial charge is 0.471 e. The van der Waals surface area contributed by atoms with Gasteiger partial charge in [0.05, 0.1) is 0 Å². The van der Waals surface area contributed by atoms with Crippen LogP contribution in [0.25, 0.3) is 0 Å². The lowest BCUT2D eigenvalue weighted by Crippen LogP contribution is -2.43. The fraction of sp³-hybridized carbons (Fsp3) is 0.800. The Labute approximate surface area is 112 Å². The molecule has 0 rings (SSSR count). The third-order valence-corrected chi connectivity index (χ3v) is 3.53. The molecule has 0 aromatic rings. The fourth-order valence-electron chi connectivity index (χ4n) is 1.40. The van der Waals surface area contributed by atoms with Gasteiger partial charge in [0.15, 0.2) is 5.78 Å². The van der Waals surface area contributed by atoms with Crippen LogP contribution in [0.15, 0.2) is 0 Å². The van der Waals surface area contributed by atoms with Crippen molar-refractivity contribution in [3.05, 3.63) is 0 Å². The summed E-state index contributed by atoms with van der Waals surface area (Å²) in [5, 5.41) is -1.01. The van der Waals surface area contributed by atoms with Crippen molar-refractivity contribution in [3.8, 4) is 0 Å². The van der Waals surface area contributed by atoms with Crippen LogP contribution in [0.3, 0.4) is 0 Å². The number of carbonyl (C=O) groups is 2. The molecular weight excluding hydrogens is 279 g/mol. The first-order valence-corrected chi connectivity index (χ1v) is 7.64. The third kappa shape index (κ3) is 6.11. The van der Waals surface area contributed by atoms with Crippen molar-refractivity contribution < 1.29 is 28.5 Å². The minimum atomic E-state index is -4.93. The topological polar surface area (TPSA) is 101 Å². The van der Waals surface area contributed by atoms with Crippen molar-refractivity contribution in [2.45, 2.75) is 51.6 Å². The van der Waals surface area contributed by atoms with Crippen LogP contribution in [0.4, 0.5) is 0 Å². The second kappa shape index (κ2) is 7.40. The molecule has 0 fully saturated rings. The van der Waals surface area contributed by atoms with Crippen LogP contribution in [-0.2, 0) is 18.7 Å². The van der Waals surface area contributed by atoms with Gasteiger partial charge in [0.2, 0.25) is 10.7 Å². The molecule has 106 valence electrons. The van der Waals surface area contributed by atoms with E-state index in [1.54, 1.807) is 0 Å². The summed E-state index contributed by atoms with van der Waals surface area (Å²) < 4.78 is 15.1. The Morgan fingerprint density at radius 3 is 2.22 bits per heavy atom. The van der Waals surface area contributed by atoms with E-state index >= 15 is 0 Å². The minimum absolute atomic E-state index is 0.0306. The van der Waals surface area contributed by atoms with Gasteiger partial charge in [-0.1, -0.05) is 26.2 Å². The van der Waals surface area contributed by atoms with E-state index in [-0.39, 0.29) is 6.42 Å². The van der Waals surface area contributed by atoms with E-state index in [0.29, 0.717) is 6.42 Å². The molecule has 18 heavy (non-hydrogen) atoms. The average molecular weight is 298 g/mol. The predicted molar refractivity (Wildman–Crippen MR) is 69.3 cm³/mol. The molecule has 0 saturated carbocycles. The lowest BCUT2D eigenvalue weighted by atomic mass is 9.97. The summed E-state index contributed by atoms with van der Waals surface area (Å²) in [6.07, 6.45) is 3.35. The van der Waals surface area contributed by atoms with Crippen molar-refractivity contribution in [2.75, 3.05) is 0 Å². The van der Waals surface area contributed by atoms with Crippen LogP contribution in [-0.4, -0.2) is 26.3 Å². The number of thiol groups is 1. The van der Waals surface area contributed by atoms with Crippen molar-refractivity contribution >= 4 is 31.4 Å². The molecule has 1 atom stereocenters. The van der Waals surface area contributed by atoms with E-state index in [2.05, 4.69) is 17.2 Å². The summed E-state index contributed by atoms with van der Waals surface area (Å²) in [6.45, 7) is 3.05. The number of hydrogen-bond acceptors (Lipinski definition) is 4. The van der Waals surface area contributed by atoms with Crippen molar-refractivity contribution in [2.24, 2.45) is 0 Å². The Kier molecular flexibility index (Phi) is 7.32. The third-order valence-electron chi connectivity index (χ3n) is 2.50. The number of carbonyl (C=O) groups excluding carboxylic acids is 2. The molecule has 0 radical (unpaired) electrons. The van der Waals surface area contributed by atoms with Crippen LogP contribution in [0, 0.1) is 0 Å². The number of rotatable bonds is 9. The van der Waals surface area contributed by atoms with Gasteiger partial charge in [-0.15, -0.1) is 12.6 Å². The van der Waals surface area contributed by atoms with Crippen LogP contribution >= 0.6 is 20.5 Å². The summed E-state index contributed by atoms with van der Waals surface area (Å²) in [4.78, 5) is 40.5. The maximum Gasteiger partial charge on any atom is 0.471 e. The molecule has 0 aromatic heterocycles.